The Kier molecular flexibility index (Phi) is 4.05. The molecule has 0 amide bonds. The van der Waals surface area contributed by atoms with E-state index in [9.17, 15) is 4.79 Å². The van der Waals surface area contributed by atoms with Crippen molar-refractivity contribution >= 4 is 39.3 Å². The number of hydrogen-bond donors (Lipinski definition) is 0. The van der Waals surface area contributed by atoms with Crippen LogP contribution in [0.15, 0.2) is 21.8 Å². The Morgan fingerprint density at radius 3 is 3.12 bits per heavy atom. The quantitative estimate of drug-likeness (QED) is 0.395. The maximum Gasteiger partial charge on any atom is 0.341 e. The van der Waals surface area contributed by atoms with Gasteiger partial charge in [0.25, 0.3) is 0 Å². The molecule has 1 aliphatic carbocycles. The molecule has 3 aromatic rings. The zero-order valence-electron chi connectivity index (χ0n) is 13.4. The monoisotopic (exact) mass is 360 g/mol. The van der Waals surface area contributed by atoms with E-state index in [1.54, 1.807) is 42.4 Å². The molecule has 0 bridgehead atoms. The summed E-state index contributed by atoms with van der Waals surface area (Å²) in [5.74, 6) is 1.58. The van der Waals surface area contributed by atoms with Crippen molar-refractivity contribution in [2.45, 2.75) is 37.0 Å². The first-order chi connectivity index (χ1) is 11.7. The zero-order valence-corrected chi connectivity index (χ0v) is 15.1. The van der Waals surface area contributed by atoms with Gasteiger partial charge in [-0.2, -0.15) is 0 Å². The average molecular weight is 360 g/mol. The minimum atomic E-state index is -0.368. The smallest absolute Gasteiger partial charge is 0.341 e. The van der Waals surface area contributed by atoms with Gasteiger partial charge in [-0.25, -0.2) is 14.8 Å². The summed E-state index contributed by atoms with van der Waals surface area (Å²) in [4.78, 5) is 23.1. The van der Waals surface area contributed by atoms with Crippen LogP contribution in [-0.4, -0.2) is 23.0 Å². The lowest BCUT2D eigenvalue weighted by molar-refractivity contribution is 0.0599. The van der Waals surface area contributed by atoms with Gasteiger partial charge in [-0.05, 0) is 37.8 Å². The SMILES string of the molecule is COC(=O)c1cc(CSc2ncnc3sc4c(c23)CCC4)oc1C. The minimum Gasteiger partial charge on any atom is -0.465 e. The summed E-state index contributed by atoms with van der Waals surface area (Å²) < 4.78 is 10.4. The number of aromatic nitrogens is 2. The molecule has 0 saturated carbocycles. The van der Waals surface area contributed by atoms with Crippen LogP contribution in [0, 0.1) is 6.92 Å². The molecule has 0 N–H and O–H groups in total. The molecule has 0 aliphatic heterocycles. The van der Waals surface area contributed by atoms with Crippen molar-refractivity contribution in [3.8, 4) is 0 Å². The largest absolute Gasteiger partial charge is 0.465 e. The number of furan rings is 1. The number of fused-ring (bicyclic) bond motifs is 3. The molecule has 0 fully saturated rings. The second kappa shape index (κ2) is 6.22. The Bertz CT molecular complexity index is 929. The maximum absolute atomic E-state index is 11.7. The predicted octanol–water partition coefficient (Wildman–Crippen LogP) is 4.16. The number of esters is 1. The molecular weight excluding hydrogens is 344 g/mol. The van der Waals surface area contributed by atoms with Crippen molar-refractivity contribution in [2.75, 3.05) is 7.11 Å². The molecule has 0 unspecified atom stereocenters. The normalized spacial score (nSPS) is 13.4. The minimum absolute atomic E-state index is 0.368. The van der Waals surface area contributed by atoms with Crippen molar-refractivity contribution in [3.05, 3.63) is 39.9 Å². The molecule has 3 heterocycles. The molecule has 0 saturated heterocycles. The molecule has 124 valence electrons. The van der Waals surface area contributed by atoms with Crippen LogP contribution in [0.25, 0.3) is 10.2 Å². The number of hydrogen-bond acceptors (Lipinski definition) is 7. The summed E-state index contributed by atoms with van der Waals surface area (Å²) in [5.41, 5.74) is 1.90. The van der Waals surface area contributed by atoms with Crippen LogP contribution in [0.4, 0.5) is 0 Å². The summed E-state index contributed by atoms with van der Waals surface area (Å²) in [6.45, 7) is 1.77. The summed E-state index contributed by atoms with van der Waals surface area (Å²) in [6.07, 6.45) is 5.11. The van der Waals surface area contributed by atoms with Crippen molar-refractivity contribution in [3.63, 3.8) is 0 Å². The van der Waals surface area contributed by atoms with E-state index in [4.69, 9.17) is 9.15 Å². The van der Waals surface area contributed by atoms with Crippen LogP contribution in [-0.2, 0) is 23.3 Å². The number of carbonyl (C=O) groups is 1. The van der Waals surface area contributed by atoms with Crippen LogP contribution < -0.4 is 0 Å². The van der Waals surface area contributed by atoms with Gasteiger partial charge < -0.3 is 9.15 Å². The zero-order chi connectivity index (χ0) is 16.7. The van der Waals surface area contributed by atoms with Gasteiger partial charge in [0.05, 0.1) is 12.9 Å². The first-order valence-corrected chi connectivity index (χ1v) is 9.53. The van der Waals surface area contributed by atoms with E-state index >= 15 is 0 Å². The first kappa shape index (κ1) is 15.7. The van der Waals surface area contributed by atoms with Crippen LogP contribution in [0.1, 0.15) is 38.7 Å². The van der Waals surface area contributed by atoms with Gasteiger partial charge in [-0.15, -0.1) is 11.3 Å². The molecule has 0 radical (unpaired) electrons. The Hall–Kier alpha value is -1.86. The van der Waals surface area contributed by atoms with Crippen LogP contribution in [0.3, 0.4) is 0 Å². The molecule has 0 atom stereocenters. The van der Waals surface area contributed by atoms with Crippen molar-refractivity contribution in [2.24, 2.45) is 0 Å². The highest BCUT2D eigenvalue weighted by Crippen LogP contribution is 2.40. The van der Waals surface area contributed by atoms with E-state index in [-0.39, 0.29) is 5.97 Å². The number of carbonyl (C=O) groups excluding carboxylic acids is 1. The Morgan fingerprint density at radius 2 is 2.29 bits per heavy atom. The van der Waals surface area contributed by atoms with E-state index in [0.29, 0.717) is 17.1 Å². The van der Waals surface area contributed by atoms with Crippen LogP contribution in [0.2, 0.25) is 0 Å². The molecule has 4 rings (SSSR count). The highest BCUT2D eigenvalue weighted by Gasteiger charge is 2.22. The number of rotatable bonds is 4. The summed E-state index contributed by atoms with van der Waals surface area (Å²) in [6, 6.07) is 1.75. The lowest BCUT2D eigenvalue weighted by Crippen LogP contribution is -2.00. The van der Waals surface area contributed by atoms with E-state index in [0.717, 1.165) is 28.5 Å². The van der Waals surface area contributed by atoms with Crippen molar-refractivity contribution in [1.82, 2.24) is 9.97 Å². The summed E-state index contributed by atoms with van der Waals surface area (Å²) in [7, 11) is 1.37. The average Bonchev–Trinajstić information content (AvgIpc) is 3.26. The Balaban J connectivity index is 1.61. The third kappa shape index (κ3) is 2.61. The predicted molar refractivity (Wildman–Crippen MR) is 93.8 cm³/mol. The van der Waals surface area contributed by atoms with Crippen LogP contribution >= 0.6 is 23.1 Å². The van der Waals surface area contributed by atoms with E-state index in [2.05, 4.69) is 9.97 Å². The van der Waals surface area contributed by atoms with Gasteiger partial charge in [0.1, 0.15) is 33.3 Å². The second-order valence-corrected chi connectivity index (χ2v) is 7.73. The highest BCUT2D eigenvalue weighted by atomic mass is 32.2. The van der Waals surface area contributed by atoms with Gasteiger partial charge in [-0.1, -0.05) is 11.8 Å². The highest BCUT2D eigenvalue weighted by molar-refractivity contribution is 7.98. The van der Waals surface area contributed by atoms with E-state index in [1.807, 2.05) is 0 Å². The third-order valence-electron chi connectivity index (χ3n) is 4.19. The number of ether oxygens (including phenoxy) is 1. The lowest BCUT2D eigenvalue weighted by Gasteiger charge is -2.02. The number of thioether (sulfide) groups is 1. The number of thiophene rings is 1. The molecule has 0 spiro atoms. The fourth-order valence-electron chi connectivity index (χ4n) is 3.08. The first-order valence-electron chi connectivity index (χ1n) is 7.73. The molecule has 5 nitrogen and oxygen atoms in total. The fraction of sp³-hybridized carbons (Fsp3) is 0.353. The molecular formula is C17H16N2O3S2. The van der Waals surface area contributed by atoms with Gasteiger partial charge in [0.2, 0.25) is 0 Å². The third-order valence-corrected chi connectivity index (χ3v) is 6.40. The van der Waals surface area contributed by atoms with Gasteiger partial charge in [0, 0.05) is 10.3 Å². The number of methoxy groups -OCH3 is 1. The second-order valence-electron chi connectivity index (χ2n) is 5.68. The molecule has 24 heavy (non-hydrogen) atoms. The lowest BCUT2D eigenvalue weighted by atomic mass is 10.2. The number of aryl methyl sites for hydroxylation is 3. The van der Waals surface area contributed by atoms with Gasteiger partial charge in [0.15, 0.2) is 0 Å². The molecule has 1 aliphatic rings. The molecule has 0 aromatic carbocycles. The van der Waals surface area contributed by atoms with Crippen LogP contribution in [0.5, 0.6) is 0 Å². The molecule has 7 heteroatoms. The Labute approximate surface area is 147 Å². The standard InChI is InChI=1S/C17H16N2O3S2/c1-9-12(17(20)21-2)6-10(22-9)7-23-15-14-11-4-3-5-13(11)24-16(14)19-8-18-15/h6,8H,3-5,7H2,1-2H3. The van der Waals surface area contributed by atoms with Crippen molar-refractivity contribution in [1.29, 1.82) is 0 Å². The number of nitrogens with zero attached hydrogens (tertiary/aromatic N) is 2. The Morgan fingerprint density at radius 1 is 1.42 bits per heavy atom. The summed E-state index contributed by atoms with van der Waals surface area (Å²) in [5, 5.41) is 2.20. The topological polar surface area (TPSA) is 65.2 Å². The molecule has 3 aromatic heterocycles. The van der Waals surface area contributed by atoms with E-state index in [1.165, 1.54) is 29.4 Å². The summed E-state index contributed by atoms with van der Waals surface area (Å²) >= 11 is 3.41. The fourth-order valence-corrected chi connectivity index (χ4v) is 5.28. The van der Waals surface area contributed by atoms with Gasteiger partial charge in [-0.3, -0.25) is 0 Å². The van der Waals surface area contributed by atoms with Gasteiger partial charge >= 0.3 is 5.97 Å². The van der Waals surface area contributed by atoms with E-state index < -0.39 is 0 Å². The maximum atomic E-state index is 11.7. The van der Waals surface area contributed by atoms with Crippen molar-refractivity contribution < 1.29 is 13.9 Å².